The molecular weight excluding hydrogens is 366 g/mol. The minimum absolute atomic E-state index is 0.752. The van der Waals surface area contributed by atoms with Crippen LogP contribution in [0.2, 0.25) is 0 Å². The lowest BCUT2D eigenvalue weighted by atomic mass is 10.1. The van der Waals surface area contributed by atoms with Crippen LogP contribution in [-0.4, -0.2) is 52.4 Å². The predicted octanol–water partition coefficient (Wildman–Crippen LogP) is 3.39. The number of hydrogen-bond donors (Lipinski definition) is 0. The van der Waals surface area contributed by atoms with Gasteiger partial charge in [-0.05, 0) is 36.2 Å². The van der Waals surface area contributed by atoms with Crippen molar-refractivity contribution >= 4 is 28.3 Å². The number of aromatic nitrogens is 1. The molecule has 3 rings (SSSR count). The molecule has 1 aromatic carbocycles. The van der Waals surface area contributed by atoms with E-state index in [0.29, 0.717) is 0 Å². The zero-order valence-electron chi connectivity index (χ0n) is 15.1. The van der Waals surface area contributed by atoms with Crippen molar-refractivity contribution in [2.75, 3.05) is 33.3 Å². The Bertz CT molecular complexity index is 743. The highest BCUT2D eigenvalue weighted by molar-refractivity contribution is 8.22. The van der Waals surface area contributed by atoms with Crippen molar-refractivity contribution < 1.29 is 9.47 Å². The number of ether oxygens (including phenoxy) is 2. The Labute approximate surface area is 164 Å². The van der Waals surface area contributed by atoms with Crippen LogP contribution in [0.1, 0.15) is 11.3 Å². The zero-order chi connectivity index (χ0) is 18.4. The third-order valence-corrected chi connectivity index (χ3v) is 5.84. The van der Waals surface area contributed by atoms with Crippen molar-refractivity contribution in [2.45, 2.75) is 13.0 Å². The van der Waals surface area contributed by atoms with Crippen LogP contribution < -0.4 is 9.47 Å². The van der Waals surface area contributed by atoms with E-state index in [2.05, 4.69) is 26.9 Å². The second kappa shape index (κ2) is 9.21. The molecule has 2 aromatic rings. The van der Waals surface area contributed by atoms with Gasteiger partial charge in [-0.3, -0.25) is 9.88 Å². The maximum absolute atomic E-state index is 5.55. The lowest BCUT2D eigenvalue weighted by Gasteiger charge is -2.36. The van der Waals surface area contributed by atoms with Gasteiger partial charge in [-0.1, -0.05) is 36.1 Å². The summed E-state index contributed by atoms with van der Waals surface area (Å²) in [6.07, 6.45) is 2.74. The average molecular weight is 390 g/mol. The van der Waals surface area contributed by atoms with Crippen LogP contribution in [-0.2, 0) is 13.0 Å². The third kappa shape index (κ3) is 4.87. The number of thiocarbonyl (C=S) groups is 1. The van der Waals surface area contributed by atoms with Crippen molar-refractivity contribution in [3.05, 3.63) is 53.9 Å². The maximum Gasteiger partial charge on any atom is 0.160 e. The number of nitrogens with zero attached hydrogens (tertiary/aromatic N) is 3. The molecule has 0 amide bonds. The average Bonchev–Trinajstić information content (AvgIpc) is 2.69. The fourth-order valence-electron chi connectivity index (χ4n) is 2.86. The van der Waals surface area contributed by atoms with E-state index in [1.54, 1.807) is 26.0 Å². The highest BCUT2D eigenvalue weighted by Gasteiger charge is 2.21. The summed E-state index contributed by atoms with van der Waals surface area (Å²) >= 11 is 7.26. The SMILES string of the molecule is COc1ccc(CCN2CN(Cc3ccccn3)CSC2=S)cc1OC. The summed E-state index contributed by atoms with van der Waals surface area (Å²) in [5, 5.41) is 0. The first-order valence-corrected chi connectivity index (χ1v) is 9.84. The van der Waals surface area contributed by atoms with E-state index < -0.39 is 0 Å². The molecule has 2 heterocycles. The van der Waals surface area contributed by atoms with Gasteiger partial charge in [0.1, 0.15) is 4.32 Å². The topological polar surface area (TPSA) is 37.8 Å². The largest absolute Gasteiger partial charge is 0.493 e. The molecule has 1 saturated heterocycles. The van der Waals surface area contributed by atoms with Gasteiger partial charge >= 0.3 is 0 Å². The molecule has 7 heteroatoms. The summed E-state index contributed by atoms with van der Waals surface area (Å²) in [6.45, 7) is 2.54. The lowest BCUT2D eigenvalue weighted by molar-refractivity contribution is 0.204. The number of methoxy groups -OCH3 is 2. The first-order chi connectivity index (χ1) is 12.7. The molecule has 0 saturated carbocycles. The van der Waals surface area contributed by atoms with E-state index in [1.165, 1.54) is 5.56 Å². The smallest absolute Gasteiger partial charge is 0.160 e. The van der Waals surface area contributed by atoms with Crippen LogP contribution in [0.25, 0.3) is 0 Å². The van der Waals surface area contributed by atoms with Gasteiger partial charge in [-0.15, -0.1) is 0 Å². The van der Waals surface area contributed by atoms with Gasteiger partial charge in [-0.25, -0.2) is 0 Å². The first kappa shape index (κ1) is 18.9. The van der Waals surface area contributed by atoms with Crippen molar-refractivity contribution in [3.63, 3.8) is 0 Å². The molecule has 0 radical (unpaired) electrons. The van der Waals surface area contributed by atoms with Crippen LogP contribution in [0.3, 0.4) is 0 Å². The summed E-state index contributed by atoms with van der Waals surface area (Å²) < 4.78 is 11.7. The second-order valence-electron chi connectivity index (χ2n) is 6.03. The molecular formula is C19H23N3O2S2. The Morgan fingerprint density at radius 3 is 2.73 bits per heavy atom. The van der Waals surface area contributed by atoms with Crippen LogP contribution >= 0.6 is 24.0 Å². The molecule has 1 aliphatic heterocycles. The maximum atomic E-state index is 5.55. The van der Waals surface area contributed by atoms with E-state index in [-0.39, 0.29) is 0 Å². The van der Waals surface area contributed by atoms with Gasteiger partial charge in [0.2, 0.25) is 0 Å². The number of benzene rings is 1. The Kier molecular flexibility index (Phi) is 6.71. The van der Waals surface area contributed by atoms with Gasteiger partial charge in [-0.2, -0.15) is 0 Å². The van der Waals surface area contributed by atoms with Crippen molar-refractivity contribution in [1.29, 1.82) is 0 Å². The molecule has 0 aliphatic carbocycles. The Morgan fingerprint density at radius 1 is 1.15 bits per heavy atom. The van der Waals surface area contributed by atoms with Crippen LogP contribution in [0.15, 0.2) is 42.6 Å². The molecule has 0 spiro atoms. The zero-order valence-corrected chi connectivity index (χ0v) is 16.7. The Hall–Kier alpha value is -1.83. The number of thioether (sulfide) groups is 1. The van der Waals surface area contributed by atoms with E-state index in [4.69, 9.17) is 21.7 Å². The molecule has 1 aromatic heterocycles. The standard InChI is InChI=1S/C19H23N3O2S2/c1-23-17-7-6-15(11-18(17)24-2)8-10-22-13-21(14-26-19(22)25)12-16-5-3-4-9-20-16/h3-7,9,11H,8,10,12-14H2,1-2H3. The molecule has 0 atom stereocenters. The van der Waals surface area contributed by atoms with E-state index in [1.807, 2.05) is 30.5 Å². The van der Waals surface area contributed by atoms with Crippen molar-refractivity contribution in [1.82, 2.24) is 14.8 Å². The minimum Gasteiger partial charge on any atom is -0.493 e. The first-order valence-electron chi connectivity index (χ1n) is 8.44. The van der Waals surface area contributed by atoms with Crippen LogP contribution in [0.5, 0.6) is 11.5 Å². The molecule has 0 bridgehead atoms. The fourth-order valence-corrected chi connectivity index (χ4v) is 3.96. The fraction of sp³-hybridized carbons (Fsp3) is 0.368. The van der Waals surface area contributed by atoms with E-state index >= 15 is 0 Å². The van der Waals surface area contributed by atoms with E-state index in [0.717, 1.165) is 53.6 Å². The van der Waals surface area contributed by atoms with Gasteiger partial charge < -0.3 is 14.4 Å². The van der Waals surface area contributed by atoms with Crippen LogP contribution in [0.4, 0.5) is 0 Å². The lowest BCUT2D eigenvalue weighted by Crippen LogP contribution is -2.45. The van der Waals surface area contributed by atoms with Crippen molar-refractivity contribution in [3.8, 4) is 11.5 Å². The quantitative estimate of drug-likeness (QED) is 0.672. The number of rotatable bonds is 7. The summed E-state index contributed by atoms with van der Waals surface area (Å²) in [5.74, 6) is 2.42. The Balaban J connectivity index is 1.58. The third-order valence-electron chi connectivity index (χ3n) is 4.23. The molecule has 0 unspecified atom stereocenters. The predicted molar refractivity (Wildman–Crippen MR) is 110 cm³/mol. The highest BCUT2D eigenvalue weighted by atomic mass is 32.2. The molecule has 1 aliphatic rings. The number of hydrogen-bond acceptors (Lipinski definition) is 6. The molecule has 138 valence electrons. The summed E-state index contributed by atoms with van der Waals surface area (Å²) in [6, 6.07) is 12.1. The Morgan fingerprint density at radius 2 is 2.00 bits per heavy atom. The second-order valence-corrected chi connectivity index (χ2v) is 7.61. The molecule has 0 N–H and O–H groups in total. The summed E-state index contributed by atoms with van der Waals surface area (Å²) in [7, 11) is 3.31. The minimum atomic E-state index is 0.752. The van der Waals surface area contributed by atoms with Gasteiger partial charge in [0.25, 0.3) is 0 Å². The summed E-state index contributed by atoms with van der Waals surface area (Å²) in [4.78, 5) is 9.03. The van der Waals surface area contributed by atoms with Crippen LogP contribution in [0, 0.1) is 0 Å². The molecule has 26 heavy (non-hydrogen) atoms. The monoisotopic (exact) mass is 389 g/mol. The van der Waals surface area contributed by atoms with E-state index in [9.17, 15) is 0 Å². The molecule has 1 fully saturated rings. The van der Waals surface area contributed by atoms with Gasteiger partial charge in [0.15, 0.2) is 11.5 Å². The highest BCUT2D eigenvalue weighted by Crippen LogP contribution is 2.28. The number of pyridine rings is 1. The normalized spacial score (nSPS) is 15.2. The summed E-state index contributed by atoms with van der Waals surface area (Å²) in [5.41, 5.74) is 2.29. The van der Waals surface area contributed by atoms with Gasteiger partial charge in [0, 0.05) is 19.3 Å². The molecule has 5 nitrogen and oxygen atoms in total. The van der Waals surface area contributed by atoms with Gasteiger partial charge in [0.05, 0.1) is 32.5 Å². The van der Waals surface area contributed by atoms with Crippen molar-refractivity contribution in [2.24, 2.45) is 0 Å².